The standard InChI is InChI=1S/C18H19ClN2OS/c1-12(10-22-2)20-9-15-7-13-3-4-16(19)8-17(13)21-18(15)14-5-6-23-11-14/h3-8,11-12,20H,9-10H2,1-2H3/t12-/m1/s1. The Labute approximate surface area is 145 Å². The lowest BCUT2D eigenvalue weighted by molar-refractivity contribution is 0.171. The van der Waals surface area contributed by atoms with E-state index < -0.39 is 0 Å². The fourth-order valence-electron chi connectivity index (χ4n) is 2.56. The van der Waals surface area contributed by atoms with Crippen LogP contribution in [0.5, 0.6) is 0 Å². The summed E-state index contributed by atoms with van der Waals surface area (Å²) in [4.78, 5) is 4.85. The van der Waals surface area contributed by atoms with Gasteiger partial charge in [-0.05, 0) is 42.1 Å². The van der Waals surface area contributed by atoms with Crippen molar-refractivity contribution in [2.45, 2.75) is 19.5 Å². The van der Waals surface area contributed by atoms with Crippen molar-refractivity contribution >= 4 is 33.8 Å². The summed E-state index contributed by atoms with van der Waals surface area (Å²) < 4.78 is 5.19. The van der Waals surface area contributed by atoms with Crippen LogP contribution in [-0.2, 0) is 11.3 Å². The Morgan fingerprint density at radius 3 is 2.91 bits per heavy atom. The summed E-state index contributed by atoms with van der Waals surface area (Å²) in [6.07, 6.45) is 0. The molecule has 0 aliphatic rings. The predicted octanol–water partition coefficient (Wildman–Crippen LogP) is 4.74. The molecule has 0 aliphatic carbocycles. The molecule has 3 rings (SSSR count). The number of thiophene rings is 1. The van der Waals surface area contributed by atoms with Gasteiger partial charge in [0.15, 0.2) is 0 Å². The molecule has 0 fully saturated rings. The molecule has 1 aromatic carbocycles. The van der Waals surface area contributed by atoms with Gasteiger partial charge in [0.1, 0.15) is 0 Å². The number of ether oxygens (including phenoxy) is 1. The minimum absolute atomic E-state index is 0.288. The summed E-state index contributed by atoms with van der Waals surface area (Å²) >= 11 is 7.79. The van der Waals surface area contributed by atoms with E-state index in [1.54, 1.807) is 18.4 Å². The molecule has 120 valence electrons. The maximum atomic E-state index is 6.11. The van der Waals surface area contributed by atoms with Gasteiger partial charge < -0.3 is 10.1 Å². The average Bonchev–Trinajstić information content (AvgIpc) is 3.06. The number of nitrogens with zero attached hydrogens (tertiary/aromatic N) is 1. The van der Waals surface area contributed by atoms with E-state index in [4.69, 9.17) is 21.3 Å². The van der Waals surface area contributed by atoms with E-state index in [1.807, 2.05) is 18.2 Å². The highest BCUT2D eigenvalue weighted by molar-refractivity contribution is 7.08. The summed E-state index contributed by atoms with van der Waals surface area (Å²) in [7, 11) is 1.72. The lowest BCUT2D eigenvalue weighted by Gasteiger charge is -2.15. The minimum Gasteiger partial charge on any atom is -0.383 e. The third-order valence-electron chi connectivity index (χ3n) is 3.71. The van der Waals surface area contributed by atoms with Gasteiger partial charge in [0.25, 0.3) is 0 Å². The van der Waals surface area contributed by atoms with E-state index in [2.05, 4.69) is 35.1 Å². The number of methoxy groups -OCH3 is 1. The topological polar surface area (TPSA) is 34.1 Å². The monoisotopic (exact) mass is 346 g/mol. The Morgan fingerprint density at radius 2 is 2.17 bits per heavy atom. The zero-order valence-corrected chi connectivity index (χ0v) is 14.7. The van der Waals surface area contributed by atoms with Crippen molar-refractivity contribution in [3.63, 3.8) is 0 Å². The van der Waals surface area contributed by atoms with Crippen molar-refractivity contribution in [1.82, 2.24) is 10.3 Å². The largest absolute Gasteiger partial charge is 0.383 e. The quantitative estimate of drug-likeness (QED) is 0.700. The summed E-state index contributed by atoms with van der Waals surface area (Å²) in [6, 6.07) is 10.4. The number of nitrogens with one attached hydrogen (secondary N) is 1. The Kier molecular flexibility index (Phi) is 5.28. The van der Waals surface area contributed by atoms with Crippen LogP contribution in [0, 0.1) is 0 Å². The second kappa shape index (κ2) is 7.41. The first-order chi connectivity index (χ1) is 11.2. The maximum Gasteiger partial charge on any atom is 0.0763 e. The number of hydrogen-bond acceptors (Lipinski definition) is 4. The molecule has 2 heterocycles. The lowest BCUT2D eigenvalue weighted by atomic mass is 10.0. The minimum atomic E-state index is 0.288. The number of halogens is 1. The van der Waals surface area contributed by atoms with E-state index >= 15 is 0 Å². The third-order valence-corrected chi connectivity index (χ3v) is 4.63. The van der Waals surface area contributed by atoms with Crippen LogP contribution < -0.4 is 5.32 Å². The molecule has 0 spiro atoms. The van der Waals surface area contributed by atoms with Gasteiger partial charge in [0.2, 0.25) is 0 Å². The Morgan fingerprint density at radius 1 is 1.30 bits per heavy atom. The summed E-state index contributed by atoms with van der Waals surface area (Å²) in [6.45, 7) is 3.55. The zero-order valence-electron chi connectivity index (χ0n) is 13.2. The van der Waals surface area contributed by atoms with Gasteiger partial charge in [0, 0.05) is 41.0 Å². The lowest BCUT2D eigenvalue weighted by Crippen LogP contribution is -2.29. The predicted molar refractivity (Wildman–Crippen MR) is 98.2 cm³/mol. The second-order valence-corrected chi connectivity index (χ2v) is 6.80. The molecule has 0 saturated heterocycles. The first-order valence-corrected chi connectivity index (χ1v) is 8.83. The molecule has 0 unspecified atom stereocenters. The molecule has 0 bridgehead atoms. The highest BCUT2D eigenvalue weighted by Gasteiger charge is 2.11. The van der Waals surface area contributed by atoms with Crippen LogP contribution in [-0.4, -0.2) is 24.7 Å². The number of fused-ring (bicyclic) bond motifs is 1. The molecule has 3 aromatic rings. The van der Waals surface area contributed by atoms with Gasteiger partial charge in [-0.25, -0.2) is 4.98 Å². The molecule has 0 amide bonds. The smallest absolute Gasteiger partial charge is 0.0763 e. The summed E-state index contributed by atoms with van der Waals surface area (Å²) in [5, 5.41) is 9.50. The molecule has 2 aromatic heterocycles. The summed E-state index contributed by atoms with van der Waals surface area (Å²) in [5.41, 5.74) is 4.26. The van der Waals surface area contributed by atoms with Crippen LogP contribution in [0.1, 0.15) is 12.5 Å². The van der Waals surface area contributed by atoms with Gasteiger partial charge >= 0.3 is 0 Å². The van der Waals surface area contributed by atoms with Crippen molar-refractivity contribution in [2.75, 3.05) is 13.7 Å². The van der Waals surface area contributed by atoms with Crippen molar-refractivity contribution in [1.29, 1.82) is 0 Å². The van der Waals surface area contributed by atoms with E-state index in [1.165, 1.54) is 5.56 Å². The Balaban J connectivity index is 1.99. The number of aromatic nitrogens is 1. The van der Waals surface area contributed by atoms with E-state index in [9.17, 15) is 0 Å². The Bertz CT molecular complexity index is 789. The molecule has 23 heavy (non-hydrogen) atoms. The average molecular weight is 347 g/mol. The molecule has 3 nitrogen and oxygen atoms in total. The fourth-order valence-corrected chi connectivity index (χ4v) is 3.37. The van der Waals surface area contributed by atoms with E-state index in [0.717, 1.165) is 28.7 Å². The van der Waals surface area contributed by atoms with Crippen LogP contribution in [0.4, 0.5) is 0 Å². The van der Waals surface area contributed by atoms with Crippen LogP contribution in [0.2, 0.25) is 5.02 Å². The van der Waals surface area contributed by atoms with Gasteiger partial charge in [-0.1, -0.05) is 17.7 Å². The second-order valence-electron chi connectivity index (χ2n) is 5.58. The van der Waals surface area contributed by atoms with Crippen molar-refractivity contribution in [3.05, 3.63) is 51.7 Å². The highest BCUT2D eigenvalue weighted by Crippen LogP contribution is 2.28. The maximum absolute atomic E-state index is 6.11. The number of rotatable bonds is 6. The molecule has 0 aliphatic heterocycles. The summed E-state index contributed by atoms with van der Waals surface area (Å²) in [5.74, 6) is 0. The first kappa shape index (κ1) is 16.4. The normalized spacial score (nSPS) is 12.7. The first-order valence-electron chi connectivity index (χ1n) is 7.51. The number of pyridine rings is 1. The molecular formula is C18H19ClN2OS. The van der Waals surface area contributed by atoms with E-state index in [0.29, 0.717) is 11.6 Å². The molecule has 5 heteroatoms. The highest BCUT2D eigenvalue weighted by atomic mass is 35.5. The number of hydrogen-bond donors (Lipinski definition) is 1. The molecule has 1 N–H and O–H groups in total. The zero-order chi connectivity index (χ0) is 16.2. The van der Waals surface area contributed by atoms with E-state index in [-0.39, 0.29) is 6.04 Å². The fraction of sp³-hybridized carbons (Fsp3) is 0.278. The van der Waals surface area contributed by atoms with Gasteiger partial charge in [-0.15, -0.1) is 0 Å². The SMILES string of the molecule is COC[C@@H](C)NCc1cc2ccc(Cl)cc2nc1-c1ccsc1. The van der Waals surface area contributed by atoms with Crippen LogP contribution >= 0.6 is 22.9 Å². The Hall–Kier alpha value is -1.46. The molecule has 0 radical (unpaired) electrons. The number of benzene rings is 1. The third kappa shape index (κ3) is 3.90. The van der Waals surface area contributed by atoms with Gasteiger partial charge in [0.05, 0.1) is 17.8 Å². The molecule has 0 saturated carbocycles. The molecular weight excluding hydrogens is 328 g/mol. The van der Waals surface area contributed by atoms with Crippen LogP contribution in [0.3, 0.4) is 0 Å². The van der Waals surface area contributed by atoms with Crippen molar-refractivity contribution in [3.8, 4) is 11.3 Å². The van der Waals surface area contributed by atoms with Crippen LogP contribution in [0.25, 0.3) is 22.2 Å². The van der Waals surface area contributed by atoms with Crippen LogP contribution in [0.15, 0.2) is 41.1 Å². The van der Waals surface area contributed by atoms with Crippen molar-refractivity contribution < 1.29 is 4.74 Å². The van der Waals surface area contributed by atoms with Gasteiger partial charge in [-0.3, -0.25) is 0 Å². The van der Waals surface area contributed by atoms with Crippen molar-refractivity contribution in [2.24, 2.45) is 0 Å². The molecule has 1 atom stereocenters. The van der Waals surface area contributed by atoms with Gasteiger partial charge in [-0.2, -0.15) is 11.3 Å².